The number of morpholine rings is 1. The zero-order valence-corrected chi connectivity index (χ0v) is 17.7. The largest absolute Gasteiger partial charge is 0.379 e. The molecule has 0 aromatic rings. The van der Waals surface area contributed by atoms with Gasteiger partial charge in [-0.2, -0.15) is 0 Å². The summed E-state index contributed by atoms with van der Waals surface area (Å²) in [5, 5.41) is 7.05. The summed E-state index contributed by atoms with van der Waals surface area (Å²) in [7, 11) is 1.85. The molecule has 1 atom stereocenters. The van der Waals surface area contributed by atoms with Crippen molar-refractivity contribution in [1.82, 2.24) is 15.5 Å². The summed E-state index contributed by atoms with van der Waals surface area (Å²) in [4.78, 5) is 7.08. The summed E-state index contributed by atoms with van der Waals surface area (Å²) in [6, 6.07) is 0. The van der Waals surface area contributed by atoms with Gasteiger partial charge in [0.15, 0.2) is 5.96 Å². The molecular weight excluding hydrogens is 356 g/mol. The fraction of sp³-hybridized carbons (Fsp3) is 0.952. The highest BCUT2D eigenvalue weighted by molar-refractivity contribution is 5.79. The van der Waals surface area contributed by atoms with Gasteiger partial charge in [0.1, 0.15) is 0 Å². The molecule has 2 aliphatic heterocycles. The summed E-state index contributed by atoms with van der Waals surface area (Å²) in [6.07, 6.45) is 10.2. The SMILES string of the molecule is CN=C(NCCCOCC1CCCO1)NCC1(N2CCOCC2)CCCCC1. The van der Waals surface area contributed by atoms with Crippen LogP contribution in [0.4, 0.5) is 0 Å². The van der Waals surface area contributed by atoms with Crippen molar-refractivity contribution in [3.05, 3.63) is 0 Å². The molecule has 1 unspecified atom stereocenters. The maximum absolute atomic E-state index is 5.74. The summed E-state index contributed by atoms with van der Waals surface area (Å²) in [5.74, 6) is 0.900. The van der Waals surface area contributed by atoms with Crippen LogP contribution in [0.25, 0.3) is 0 Å². The minimum atomic E-state index is 0.254. The van der Waals surface area contributed by atoms with Crippen molar-refractivity contribution >= 4 is 5.96 Å². The number of aliphatic imine (C=N–C) groups is 1. The van der Waals surface area contributed by atoms with E-state index in [1.165, 1.54) is 38.5 Å². The molecule has 0 radical (unpaired) electrons. The Morgan fingerprint density at radius 1 is 1.11 bits per heavy atom. The molecule has 2 heterocycles. The number of rotatable bonds is 9. The van der Waals surface area contributed by atoms with Crippen LogP contribution in [0.2, 0.25) is 0 Å². The molecule has 162 valence electrons. The van der Waals surface area contributed by atoms with Crippen LogP contribution in [0.15, 0.2) is 4.99 Å². The number of hydrogen-bond acceptors (Lipinski definition) is 5. The van der Waals surface area contributed by atoms with E-state index in [2.05, 4.69) is 20.5 Å². The Morgan fingerprint density at radius 2 is 1.93 bits per heavy atom. The van der Waals surface area contributed by atoms with Gasteiger partial charge in [-0.1, -0.05) is 19.3 Å². The predicted molar refractivity (Wildman–Crippen MR) is 112 cm³/mol. The van der Waals surface area contributed by atoms with Gasteiger partial charge in [0.25, 0.3) is 0 Å². The van der Waals surface area contributed by atoms with Crippen LogP contribution >= 0.6 is 0 Å². The van der Waals surface area contributed by atoms with Gasteiger partial charge in [0.2, 0.25) is 0 Å². The first-order valence-corrected chi connectivity index (χ1v) is 11.3. The van der Waals surface area contributed by atoms with Gasteiger partial charge in [-0.15, -0.1) is 0 Å². The number of ether oxygens (including phenoxy) is 3. The van der Waals surface area contributed by atoms with Crippen molar-refractivity contribution in [2.75, 3.05) is 66.3 Å². The van der Waals surface area contributed by atoms with Crippen LogP contribution in [0.1, 0.15) is 51.4 Å². The molecule has 2 saturated heterocycles. The average molecular weight is 397 g/mol. The Kier molecular flexibility index (Phi) is 9.31. The lowest BCUT2D eigenvalue weighted by atomic mass is 9.80. The van der Waals surface area contributed by atoms with E-state index in [9.17, 15) is 0 Å². The second-order valence-corrected chi connectivity index (χ2v) is 8.30. The molecule has 0 spiro atoms. The van der Waals surface area contributed by atoms with E-state index in [0.717, 1.165) is 78.0 Å². The van der Waals surface area contributed by atoms with Gasteiger partial charge in [-0.25, -0.2) is 0 Å². The van der Waals surface area contributed by atoms with Crippen molar-refractivity contribution in [1.29, 1.82) is 0 Å². The maximum Gasteiger partial charge on any atom is 0.191 e. The van der Waals surface area contributed by atoms with Crippen molar-refractivity contribution in [2.24, 2.45) is 4.99 Å². The van der Waals surface area contributed by atoms with Crippen LogP contribution in [0, 0.1) is 0 Å². The van der Waals surface area contributed by atoms with E-state index in [-0.39, 0.29) is 5.54 Å². The fourth-order valence-corrected chi connectivity index (χ4v) is 4.69. The second kappa shape index (κ2) is 12.0. The van der Waals surface area contributed by atoms with Gasteiger partial charge < -0.3 is 24.8 Å². The average Bonchev–Trinajstić information content (AvgIpc) is 3.27. The zero-order valence-electron chi connectivity index (χ0n) is 17.7. The molecule has 7 nitrogen and oxygen atoms in total. The standard InChI is InChI=1S/C21H40N4O3/c1-22-20(23-10-6-13-27-17-19-7-5-14-28-19)24-18-21(8-3-2-4-9-21)25-11-15-26-16-12-25/h19H,2-18H2,1H3,(H2,22,23,24). The Hall–Kier alpha value is -0.890. The van der Waals surface area contributed by atoms with E-state index in [1.807, 2.05) is 7.05 Å². The Morgan fingerprint density at radius 3 is 2.64 bits per heavy atom. The van der Waals surface area contributed by atoms with Crippen LogP contribution in [-0.2, 0) is 14.2 Å². The van der Waals surface area contributed by atoms with Crippen LogP contribution in [-0.4, -0.2) is 88.8 Å². The molecule has 0 bridgehead atoms. The second-order valence-electron chi connectivity index (χ2n) is 8.30. The van der Waals surface area contributed by atoms with Gasteiger partial charge >= 0.3 is 0 Å². The van der Waals surface area contributed by atoms with E-state index in [0.29, 0.717) is 6.10 Å². The molecule has 28 heavy (non-hydrogen) atoms. The minimum absolute atomic E-state index is 0.254. The third kappa shape index (κ3) is 6.58. The third-order valence-corrected chi connectivity index (χ3v) is 6.36. The van der Waals surface area contributed by atoms with E-state index >= 15 is 0 Å². The highest BCUT2D eigenvalue weighted by Gasteiger charge is 2.38. The summed E-state index contributed by atoms with van der Waals surface area (Å²) < 4.78 is 16.9. The smallest absolute Gasteiger partial charge is 0.191 e. The predicted octanol–water partition coefficient (Wildman–Crippen LogP) is 1.77. The molecule has 0 aromatic heterocycles. The number of guanidine groups is 1. The summed E-state index contributed by atoms with van der Waals surface area (Å²) >= 11 is 0. The number of hydrogen-bond donors (Lipinski definition) is 2. The van der Waals surface area contributed by atoms with E-state index in [1.54, 1.807) is 0 Å². The Bertz CT molecular complexity index is 457. The van der Waals surface area contributed by atoms with E-state index < -0.39 is 0 Å². The van der Waals surface area contributed by atoms with Crippen molar-refractivity contribution in [3.8, 4) is 0 Å². The van der Waals surface area contributed by atoms with Crippen molar-refractivity contribution < 1.29 is 14.2 Å². The van der Waals surface area contributed by atoms with E-state index in [4.69, 9.17) is 14.2 Å². The Balaban J connectivity index is 1.35. The number of nitrogens with one attached hydrogen (secondary N) is 2. The highest BCUT2D eigenvalue weighted by Crippen LogP contribution is 2.33. The molecule has 3 aliphatic rings. The third-order valence-electron chi connectivity index (χ3n) is 6.36. The first-order valence-electron chi connectivity index (χ1n) is 11.3. The molecular formula is C21H40N4O3. The molecule has 3 fully saturated rings. The minimum Gasteiger partial charge on any atom is -0.379 e. The van der Waals surface area contributed by atoms with Crippen LogP contribution in [0.3, 0.4) is 0 Å². The highest BCUT2D eigenvalue weighted by atomic mass is 16.5. The summed E-state index contributed by atoms with van der Waals surface area (Å²) in [6.45, 7) is 8.05. The normalized spacial score (nSPS) is 26.3. The van der Waals surface area contributed by atoms with Gasteiger partial charge in [-0.3, -0.25) is 9.89 Å². The lowest BCUT2D eigenvalue weighted by molar-refractivity contribution is -0.0352. The number of nitrogens with zero attached hydrogens (tertiary/aromatic N) is 2. The summed E-state index contributed by atoms with van der Waals surface area (Å²) in [5.41, 5.74) is 0.254. The van der Waals surface area contributed by atoms with Crippen molar-refractivity contribution in [2.45, 2.75) is 63.0 Å². The zero-order chi connectivity index (χ0) is 19.5. The van der Waals surface area contributed by atoms with Gasteiger partial charge in [0, 0.05) is 52.0 Å². The first-order chi connectivity index (χ1) is 13.8. The lowest BCUT2D eigenvalue weighted by Crippen LogP contribution is -2.60. The van der Waals surface area contributed by atoms with Gasteiger partial charge in [-0.05, 0) is 32.1 Å². The quantitative estimate of drug-likeness (QED) is 0.352. The molecule has 0 aromatic carbocycles. The lowest BCUT2D eigenvalue weighted by Gasteiger charge is -2.48. The van der Waals surface area contributed by atoms with Crippen LogP contribution < -0.4 is 10.6 Å². The molecule has 0 amide bonds. The molecule has 2 N–H and O–H groups in total. The first kappa shape index (κ1) is 21.8. The van der Waals surface area contributed by atoms with Crippen LogP contribution in [0.5, 0.6) is 0 Å². The maximum atomic E-state index is 5.74. The van der Waals surface area contributed by atoms with Crippen molar-refractivity contribution in [3.63, 3.8) is 0 Å². The molecule has 1 aliphatic carbocycles. The Labute approximate surface area is 170 Å². The molecule has 1 saturated carbocycles. The molecule has 7 heteroatoms. The fourth-order valence-electron chi connectivity index (χ4n) is 4.69. The monoisotopic (exact) mass is 396 g/mol. The molecule has 3 rings (SSSR count). The topological polar surface area (TPSA) is 67.4 Å². The van der Waals surface area contributed by atoms with Gasteiger partial charge in [0.05, 0.1) is 25.9 Å².